The molecule has 28 heavy (non-hydrogen) atoms. The van der Waals surface area contributed by atoms with E-state index in [0.717, 1.165) is 43.0 Å². The van der Waals surface area contributed by atoms with Gasteiger partial charge in [-0.2, -0.15) is 5.10 Å². The SMILES string of the molecule is Cc1nn(-c2cccc(O)c2)c(C)c1C(=O)N1CCC(N2CCCCC2)CC1. The van der Waals surface area contributed by atoms with Gasteiger partial charge in [0.25, 0.3) is 5.91 Å². The van der Waals surface area contributed by atoms with Crippen LogP contribution < -0.4 is 0 Å². The normalized spacial score (nSPS) is 19.1. The number of piperidine rings is 2. The zero-order valence-corrected chi connectivity index (χ0v) is 16.9. The van der Waals surface area contributed by atoms with Crippen LogP contribution in [-0.2, 0) is 0 Å². The lowest BCUT2D eigenvalue weighted by molar-refractivity contribution is 0.0588. The highest BCUT2D eigenvalue weighted by molar-refractivity contribution is 5.96. The van der Waals surface area contributed by atoms with Crippen molar-refractivity contribution in [3.63, 3.8) is 0 Å². The summed E-state index contributed by atoms with van der Waals surface area (Å²) in [4.78, 5) is 17.9. The number of aromatic hydroxyl groups is 1. The summed E-state index contributed by atoms with van der Waals surface area (Å²) in [5.74, 6) is 0.274. The predicted molar refractivity (Wildman–Crippen MR) is 109 cm³/mol. The summed E-state index contributed by atoms with van der Waals surface area (Å²) in [6, 6.07) is 7.60. The molecule has 6 heteroatoms. The summed E-state index contributed by atoms with van der Waals surface area (Å²) >= 11 is 0. The van der Waals surface area contributed by atoms with Crippen molar-refractivity contribution in [1.82, 2.24) is 19.6 Å². The molecule has 1 amide bonds. The van der Waals surface area contributed by atoms with E-state index >= 15 is 0 Å². The van der Waals surface area contributed by atoms with Gasteiger partial charge in [0.1, 0.15) is 5.75 Å². The lowest BCUT2D eigenvalue weighted by atomic mass is 9.99. The molecule has 150 valence electrons. The second-order valence-electron chi connectivity index (χ2n) is 8.10. The molecular weight excluding hydrogens is 352 g/mol. The van der Waals surface area contributed by atoms with E-state index in [9.17, 15) is 9.90 Å². The monoisotopic (exact) mass is 382 g/mol. The average molecular weight is 383 g/mol. The van der Waals surface area contributed by atoms with E-state index in [1.165, 1.54) is 32.4 Å². The Morgan fingerprint density at radius 1 is 1.07 bits per heavy atom. The van der Waals surface area contributed by atoms with E-state index < -0.39 is 0 Å². The van der Waals surface area contributed by atoms with E-state index in [0.29, 0.717) is 11.6 Å². The number of nitrogens with zero attached hydrogens (tertiary/aromatic N) is 4. The summed E-state index contributed by atoms with van der Waals surface area (Å²) in [6.07, 6.45) is 6.10. The number of aromatic nitrogens is 2. The Hall–Kier alpha value is -2.34. The molecule has 0 aliphatic carbocycles. The zero-order chi connectivity index (χ0) is 19.7. The number of amides is 1. The first-order valence-corrected chi connectivity index (χ1v) is 10.4. The van der Waals surface area contributed by atoms with Crippen molar-refractivity contribution in [2.75, 3.05) is 26.2 Å². The van der Waals surface area contributed by atoms with Gasteiger partial charge >= 0.3 is 0 Å². The minimum absolute atomic E-state index is 0.0819. The Bertz CT molecular complexity index is 846. The largest absolute Gasteiger partial charge is 0.508 e. The number of benzene rings is 1. The van der Waals surface area contributed by atoms with Gasteiger partial charge < -0.3 is 14.9 Å². The average Bonchev–Trinajstić information content (AvgIpc) is 3.02. The van der Waals surface area contributed by atoms with Crippen LogP contribution in [-0.4, -0.2) is 62.8 Å². The molecule has 6 nitrogen and oxygen atoms in total. The van der Waals surface area contributed by atoms with Crippen molar-refractivity contribution in [1.29, 1.82) is 0 Å². The molecule has 2 aliphatic rings. The van der Waals surface area contributed by atoms with Crippen molar-refractivity contribution in [3.8, 4) is 11.4 Å². The van der Waals surface area contributed by atoms with Crippen molar-refractivity contribution >= 4 is 5.91 Å². The fourth-order valence-electron chi connectivity index (χ4n) is 4.70. The molecule has 4 rings (SSSR count). The summed E-state index contributed by atoms with van der Waals surface area (Å²) < 4.78 is 1.75. The molecule has 0 atom stereocenters. The Kier molecular flexibility index (Phi) is 5.40. The van der Waals surface area contributed by atoms with Gasteiger partial charge in [0, 0.05) is 25.2 Å². The van der Waals surface area contributed by atoms with Gasteiger partial charge in [-0.25, -0.2) is 4.68 Å². The third-order valence-electron chi connectivity index (χ3n) is 6.24. The molecule has 1 aromatic heterocycles. The van der Waals surface area contributed by atoms with Gasteiger partial charge in [-0.1, -0.05) is 12.5 Å². The van der Waals surface area contributed by atoms with Crippen LogP contribution in [0.2, 0.25) is 0 Å². The Balaban J connectivity index is 1.48. The second kappa shape index (κ2) is 7.95. The van der Waals surface area contributed by atoms with Crippen LogP contribution in [0.3, 0.4) is 0 Å². The zero-order valence-electron chi connectivity index (χ0n) is 16.9. The predicted octanol–water partition coefficient (Wildman–Crippen LogP) is 3.29. The highest BCUT2D eigenvalue weighted by Crippen LogP contribution is 2.25. The van der Waals surface area contributed by atoms with E-state index in [1.54, 1.807) is 22.9 Å². The van der Waals surface area contributed by atoms with Crippen LogP contribution in [0.25, 0.3) is 5.69 Å². The number of hydrogen-bond acceptors (Lipinski definition) is 4. The van der Waals surface area contributed by atoms with E-state index in [-0.39, 0.29) is 11.7 Å². The smallest absolute Gasteiger partial charge is 0.257 e. The minimum atomic E-state index is 0.0819. The maximum Gasteiger partial charge on any atom is 0.257 e. The minimum Gasteiger partial charge on any atom is -0.508 e. The Morgan fingerprint density at radius 2 is 1.79 bits per heavy atom. The van der Waals surface area contributed by atoms with E-state index in [2.05, 4.69) is 10.00 Å². The van der Waals surface area contributed by atoms with E-state index in [4.69, 9.17) is 0 Å². The van der Waals surface area contributed by atoms with Crippen LogP contribution >= 0.6 is 0 Å². The summed E-state index contributed by atoms with van der Waals surface area (Å²) in [6.45, 7) is 7.88. The molecule has 3 heterocycles. The maximum absolute atomic E-state index is 13.2. The first-order valence-electron chi connectivity index (χ1n) is 10.4. The second-order valence-corrected chi connectivity index (χ2v) is 8.10. The number of phenolic OH excluding ortho intramolecular Hbond substituents is 1. The number of carbonyl (C=O) groups excluding carboxylic acids is 1. The van der Waals surface area contributed by atoms with Gasteiger partial charge in [0.15, 0.2) is 0 Å². The molecule has 2 aliphatic heterocycles. The maximum atomic E-state index is 13.2. The summed E-state index contributed by atoms with van der Waals surface area (Å²) in [5.41, 5.74) is 3.03. The topological polar surface area (TPSA) is 61.6 Å². The Morgan fingerprint density at radius 3 is 2.46 bits per heavy atom. The molecule has 1 aromatic carbocycles. The van der Waals surface area contributed by atoms with Crippen LogP contribution in [0, 0.1) is 13.8 Å². The molecule has 0 bridgehead atoms. The number of aryl methyl sites for hydroxylation is 1. The van der Waals surface area contributed by atoms with Gasteiger partial charge in [-0.05, 0) is 64.8 Å². The number of hydrogen-bond donors (Lipinski definition) is 1. The van der Waals surface area contributed by atoms with Gasteiger partial charge in [0.2, 0.25) is 0 Å². The molecule has 1 N–H and O–H groups in total. The molecule has 0 radical (unpaired) electrons. The molecular formula is C22H30N4O2. The van der Waals surface area contributed by atoms with Crippen molar-refractivity contribution < 1.29 is 9.90 Å². The first kappa shape index (κ1) is 19.0. The highest BCUT2D eigenvalue weighted by Gasteiger charge is 2.30. The van der Waals surface area contributed by atoms with Gasteiger partial charge in [-0.3, -0.25) is 4.79 Å². The lowest BCUT2D eigenvalue weighted by Gasteiger charge is -2.40. The Labute approximate surface area is 166 Å². The third kappa shape index (κ3) is 3.65. The van der Waals surface area contributed by atoms with Crippen LogP contribution in [0.4, 0.5) is 0 Å². The van der Waals surface area contributed by atoms with Gasteiger partial charge in [0.05, 0.1) is 22.6 Å². The standard InChI is InChI=1S/C22H30N4O2/c1-16-21(17(2)26(23-16)19-7-6-8-20(27)15-19)22(28)25-13-9-18(10-14-25)24-11-4-3-5-12-24/h6-8,15,18,27H,3-5,9-14H2,1-2H3. The molecule has 2 saturated heterocycles. The number of rotatable bonds is 3. The van der Waals surface area contributed by atoms with Crippen molar-refractivity contribution in [2.24, 2.45) is 0 Å². The van der Waals surface area contributed by atoms with Crippen LogP contribution in [0.5, 0.6) is 5.75 Å². The summed E-state index contributed by atoms with van der Waals surface area (Å²) in [5, 5.41) is 14.3. The highest BCUT2D eigenvalue weighted by atomic mass is 16.3. The number of carbonyl (C=O) groups is 1. The molecule has 0 unspecified atom stereocenters. The molecule has 2 fully saturated rings. The number of likely N-dealkylation sites (tertiary alicyclic amines) is 2. The fraction of sp³-hybridized carbons (Fsp3) is 0.545. The fourth-order valence-corrected chi connectivity index (χ4v) is 4.70. The number of phenols is 1. The molecule has 2 aromatic rings. The lowest BCUT2D eigenvalue weighted by Crippen LogP contribution is -2.48. The van der Waals surface area contributed by atoms with Crippen molar-refractivity contribution in [2.45, 2.75) is 52.0 Å². The van der Waals surface area contributed by atoms with Crippen LogP contribution in [0.1, 0.15) is 53.8 Å². The molecule has 0 saturated carbocycles. The third-order valence-corrected chi connectivity index (χ3v) is 6.24. The van der Waals surface area contributed by atoms with Crippen molar-refractivity contribution in [3.05, 3.63) is 41.2 Å². The van der Waals surface area contributed by atoms with Gasteiger partial charge in [-0.15, -0.1) is 0 Å². The summed E-state index contributed by atoms with van der Waals surface area (Å²) in [7, 11) is 0. The quantitative estimate of drug-likeness (QED) is 0.885. The van der Waals surface area contributed by atoms with Crippen LogP contribution in [0.15, 0.2) is 24.3 Å². The molecule has 0 spiro atoms. The first-order chi connectivity index (χ1) is 13.5. The van der Waals surface area contributed by atoms with E-state index in [1.807, 2.05) is 24.8 Å².